The summed E-state index contributed by atoms with van der Waals surface area (Å²) in [5, 5.41) is 3.38. The lowest BCUT2D eigenvalue weighted by Crippen LogP contribution is -2.56. The predicted octanol–water partition coefficient (Wildman–Crippen LogP) is 2.29. The van der Waals surface area contributed by atoms with Gasteiger partial charge in [0, 0.05) is 31.1 Å². The van der Waals surface area contributed by atoms with Crippen molar-refractivity contribution < 1.29 is 9.59 Å². The molecule has 1 heterocycles. The lowest BCUT2D eigenvalue weighted by Gasteiger charge is -2.46. The molecule has 1 aliphatic heterocycles. The van der Waals surface area contributed by atoms with Gasteiger partial charge in [-0.15, -0.1) is 0 Å². The van der Waals surface area contributed by atoms with Crippen molar-refractivity contribution in [2.75, 3.05) is 13.1 Å². The molecule has 1 saturated heterocycles. The second-order valence-corrected chi connectivity index (χ2v) is 8.65. The van der Waals surface area contributed by atoms with Gasteiger partial charge in [-0.05, 0) is 56.8 Å². The van der Waals surface area contributed by atoms with Gasteiger partial charge in [0.2, 0.25) is 11.8 Å². The molecule has 3 fully saturated rings. The molecule has 4 unspecified atom stereocenters. The molecule has 2 amide bonds. The maximum Gasteiger partial charge on any atom is 0.225 e. The van der Waals surface area contributed by atoms with Crippen molar-refractivity contribution in [1.29, 1.82) is 0 Å². The number of amides is 2. The highest BCUT2D eigenvalue weighted by Gasteiger charge is 2.41. The van der Waals surface area contributed by atoms with Crippen LogP contribution >= 0.6 is 0 Å². The highest BCUT2D eigenvalue weighted by Crippen LogP contribution is 2.39. The van der Waals surface area contributed by atoms with E-state index in [9.17, 15) is 9.59 Å². The molecule has 2 aliphatic carbocycles. The van der Waals surface area contributed by atoms with Crippen LogP contribution in [0.15, 0.2) is 0 Å². The van der Waals surface area contributed by atoms with Crippen LogP contribution in [0.25, 0.3) is 0 Å². The Kier molecular flexibility index (Phi) is 6.03. The lowest BCUT2D eigenvalue weighted by molar-refractivity contribution is -0.139. The average molecular weight is 350 g/mol. The molecule has 5 heteroatoms. The SMILES string of the molecule is CCC(C)C(=O)N1CCCC(C(=O)NC2C3CCCC2CC(N)C3)C1. The molecular weight excluding hydrogens is 314 g/mol. The fraction of sp³-hybridized carbons (Fsp3) is 0.900. The first-order chi connectivity index (χ1) is 12.0. The van der Waals surface area contributed by atoms with Gasteiger partial charge in [0.25, 0.3) is 0 Å². The van der Waals surface area contributed by atoms with Gasteiger partial charge in [0.05, 0.1) is 5.92 Å². The van der Waals surface area contributed by atoms with Gasteiger partial charge < -0.3 is 16.0 Å². The smallest absolute Gasteiger partial charge is 0.225 e. The summed E-state index contributed by atoms with van der Waals surface area (Å²) in [6, 6.07) is 0.614. The van der Waals surface area contributed by atoms with Crippen LogP contribution in [0.2, 0.25) is 0 Å². The van der Waals surface area contributed by atoms with Gasteiger partial charge >= 0.3 is 0 Å². The minimum absolute atomic E-state index is 0.0434. The molecule has 0 spiro atoms. The van der Waals surface area contributed by atoms with Gasteiger partial charge in [-0.25, -0.2) is 0 Å². The first-order valence-electron chi connectivity index (χ1n) is 10.3. The third-order valence-electron chi connectivity index (χ3n) is 6.82. The molecular formula is C20H35N3O2. The molecule has 142 valence electrons. The van der Waals surface area contributed by atoms with Crippen LogP contribution in [-0.4, -0.2) is 41.9 Å². The number of fused-ring (bicyclic) bond motifs is 2. The fourth-order valence-electron chi connectivity index (χ4n) is 5.18. The summed E-state index contributed by atoms with van der Waals surface area (Å²) < 4.78 is 0. The van der Waals surface area contributed by atoms with Gasteiger partial charge in [-0.2, -0.15) is 0 Å². The molecule has 3 rings (SSSR count). The summed E-state index contributed by atoms with van der Waals surface area (Å²) in [5.41, 5.74) is 6.20. The first kappa shape index (κ1) is 18.7. The Morgan fingerprint density at radius 2 is 1.84 bits per heavy atom. The van der Waals surface area contributed by atoms with E-state index in [0.717, 1.165) is 38.6 Å². The second-order valence-electron chi connectivity index (χ2n) is 8.65. The van der Waals surface area contributed by atoms with Crippen molar-refractivity contribution >= 4 is 11.8 Å². The predicted molar refractivity (Wildman–Crippen MR) is 98.7 cm³/mol. The van der Waals surface area contributed by atoms with Crippen LogP contribution < -0.4 is 11.1 Å². The van der Waals surface area contributed by atoms with E-state index in [2.05, 4.69) is 5.32 Å². The number of hydrogen-bond acceptors (Lipinski definition) is 3. The molecule has 5 nitrogen and oxygen atoms in total. The summed E-state index contributed by atoms with van der Waals surface area (Å²) in [7, 11) is 0. The van der Waals surface area contributed by atoms with Crippen molar-refractivity contribution in [1.82, 2.24) is 10.2 Å². The number of piperidine rings is 1. The molecule has 0 aromatic rings. The Hall–Kier alpha value is -1.10. The van der Waals surface area contributed by atoms with E-state index in [0.29, 0.717) is 30.5 Å². The zero-order chi connectivity index (χ0) is 18.0. The maximum absolute atomic E-state index is 12.9. The Labute approximate surface area is 152 Å². The summed E-state index contributed by atoms with van der Waals surface area (Å²) in [6.07, 6.45) is 8.44. The van der Waals surface area contributed by atoms with E-state index in [4.69, 9.17) is 5.73 Å². The summed E-state index contributed by atoms with van der Waals surface area (Å²) in [6.45, 7) is 5.43. The highest BCUT2D eigenvalue weighted by molar-refractivity contribution is 5.82. The van der Waals surface area contributed by atoms with E-state index in [-0.39, 0.29) is 23.7 Å². The molecule has 0 aromatic carbocycles. The quantitative estimate of drug-likeness (QED) is 0.818. The van der Waals surface area contributed by atoms with Crippen LogP contribution in [-0.2, 0) is 9.59 Å². The zero-order valence-electron chi connectivity index (χ0n) is 15.9. The van der Waals surface area contributed by atoms with Crippen LogP contribution in [0.3, 0.4) is 0 Å². The second kappa shape index (κ2) is 8.07. The minimum Gasteiger partial charge on any atom is -0.353 e. The zero-order valence-corrected chi connectivity index (χ0v) is 15.9. The molecule has 2 bridgehead atoms. The van der Waals surface area contributed by atoms with Crippen LogP contribution in [0.4, 0.5) is 0 Å². The van der Waals surface area contributed by atoms with Crippen molar-refractivity contribution in [3.63, 3.8) is 0 Å². The van der Waals surface area contributed by atoms with Crippen LogP contribution in [0.5, 0.6) is 0 Å². The standard InChI is InChI=1S/C20H35N3O2/c1-3-13(2)20(25)23-9-5-8-16(12-23)19(24)22-18-14-6-4-7-15(18)11-17(21)10-14/h13-18H,3-12,21H2,1-2H3,(H,22,24). The number of carbonyl (C=O) groups excluding carboxylic acids is 2. The number of carbonyl (C=O) groups is 2. The van der Waals surface area contributed by atoms with Crippen molar-refractivity contribution in [2.45, 2.75) is 77.3 Å². The monoisotopic (exact) mass is 349 g/mol. The first-order valence-corrected chi connectivity index (χ1v) is 10.3. The average Bonchev–Trinajstić information content (AvgIpc) is 2.61. The Balaban J connectivity index is 1.58. The normalized spacial score (nSPS) is 36.6. The highest BCUT2D eigenvalue weighted by atomic mass is 16.2. The van der Waals surface area contributed by atoms with Crippen molar-refractivity contribution in [2.24, 2.45) is 29.4 Å². The molecule has 0 radical (unpaired) electrons. The molecule has 25 heavy (non-hydrogen) atoms. The summed E-state index contributed by atoms with van der Waals surface area (Å²) >= 11 is 0. The summed E-state index contributed by atoms with van der Waals surface area (Å²) in [4.78, 5) is 27.3. The lowest BCUT2D eigenvalue weighted by atomic mass is 9.67. The van der Waals surface area contributed by atoms with Crippen LogP contribution in [0, 0.1) is 23.7 Å². The molecule has 0 aromatic heterocycles. The summed E-state index contributed by atoms with van der Waals surface area (Å²) in [5.74, 6) is 1.49. The number of nitrogens with two attached hydrogens (primary N) is 1. The largest absolute Gasteiger partial charge is 0.353 e. The number of rotatable bonds is 4. The van der Waals surface area contributed by atoms with Crippen molar-refractivity contribution in [3.8, 4) is 0 Å². The third-order valence-corrected chi connectivity index (χ3v) is 6.82. The molecule has 2 saturated carbocycles. The van der Waals surface area contributed by atoms with Gasteiger partial charge in [-0.3, -0.25) is 9.59 Å². The van der Waals surface area contributed by atoms with Gasteiger partial charge in [0.15, 0.2) is 0 Å². The number of hydrogen-bond donors (Lipinski definition) is 2. The maximum atomic E-state index is 12.9. The molecule has 4 atom stereocenters. The van der Waals surface area contributed by atoms with E-state index in [1.54, 1.807) is 0 Å². The Morgan fingerprint density at radius 3 is 2.48 bits per heavy atom. The van der Waals surface area contributed by atoms with Crippen LogP contribution in [0.1, 0.15) is 65.2 Å². The number of likely N-dealkylation sites (tertiary alicyclic amines) is 1. The van der Waals surface area contributed by atoms with E-state index >= 15 is 0 Å². The minimum atomic E-state index is -0.0434. The van der Waals surface area contributed by atoms with Crippen molar-refractivity contribution in [3.05, 3.63) is 0 Å². The fourth-order valence-corrected chi connectivity index (χ4v) is 5.18. The van der Waals surface area contributed by atoms with Gasteiger partial charge in [0.1, 0.15) is 0 Å². The topological polar surface area (TPSA) is 75.4 Å². The van der Waals surface area contributed by atoms with Gasteiger partial charge in [-0.1, -0.05) is 20.3 Å². The van der Waals surface area contributed by atoms with E-state index < -0.39 is 0 Å². The molecule has 3 N–H and O–H groups in total. The Bertz CT molecular complexity index is 481. The van der Waals surface area contributed by atoms with E-state index in [1.807, 2.05) is 18.7 Å². The third kappa shape index (κ3) is 4.18. The number of nitrogens with zero attached hydrogens (tertiary/aromatic N) is 1. The number of nitrogens with one attached hydrogen (secondary N) is 1. The van der Waals surface area contributed by atoms with E-state index in [1.165, 1.54) is 19.3 Å². The molecule has 3 aliphatic rings. The Morgan fingerprint density at radius 1 is 1.16 bits per heavy atom.